The number of hydrogen-bond acceptors (Lipinski definition) is 4. The van der Waals surface area contributed by atoms with E-state index in [2.05, 4.69) is 26.1 Å². The summed E-state index contributed by atoms with van der Waals surface area (Å²) in [7, 11) is 3.10. The summed E-state index contributed by atoms with van der Waals surface area (Å²) in [5, 5.41) is 2.98. The highest BCUT2D eigenvalue weighted by Gasteiger charge is 2.21. The molecule has 2 aromatic carbocycles. The first kappa shape index (κ1) is 22.3. The van der Waals surface area contributed by atoms with Gasteiger partial charge in [0.25, 0.3) is 0 Å². The second-order valence-corrected chi connectivity index (χ2v) is 7.80. The molecular weight excluding hydrogens is 368 g/mol. The van der Waals surface area contributed by atoms with Gasteiger partial charge in [-0.1, -0.05) is 39.0 Å². The third kappa shape index (κ3) is 5.73. The monoisotopic (exact) mass is 398 g/mol. The SMILES string of the molecule is COc1ccc(N(CCC(=O)Nc2ccccc2C(C)(C)C)C(C)=O)c(OC)c1. The van der Waals surface area contributed by atoms with Crippen LogP contribution in [0.5, 0.6) is 11.5 Å². The Bertz CT molecular complexity index is 871. The first-order chi connectivity index (χ1) is 13.7. The van der Waals surface area contributed by atoms with Crippen LogP contribution in [0, 0.1) is 0 Å². The second kappa shape index (κ2) is 9.45. The first-order valence-electron chi connectivity index (χ1n) is 9.57. The second-order valence-electron chi connectivity index (χ2n) is 7.80. The summed E-state index contributed by atoms with van der Waals surface area (Å²) in [5.74, 6) is 0.820. The smallest absolute Gasteiger partial charge is 0.226 e. The molecular formula is C23H30N2O4. The summed E-state index contributed by atoms with van der Waals surface area (Å²) in [6, 6.07) is 13.0. The van der Waals surface area contributed by atoms with E-state index in [0.717, 1.165) is 11.3 Å². The van der Waals surface area contributed by atoms with Crippen LogP contribution in [-0.2, 0) is 15.0 Å². The van der Waals surface area contributed by atoms with Crippen molar-refractivity contribution in [3.63, 3.8) is 0 Å². The van der Waals surface area contributed by atoms with Gasteiger partial charge in [0, 0.05) is 31.6 Å². The van der Waals surface area contributed by atoms with Gasteiger partial charge in [-0.15, -0.1) is 0 Å². The number of carbonyl (C=O) groups excluding carboxylic acids is 2. The molecule has 0 aliphatic carbocycles. The number of ether oxygens (including phenoxy) is 2. The van der Waals surface area contributed by atoms with Crippen LogP contribution in [0.15, 0.2) is 42.5 Å². The van der Waals surface area contributed by atoms with Crippen LogP contribution < -0.4 is 19.7 Å². The molecule has 6 nitrogen and oxygen atoms in total. The van der Waals surface area contributed by atoms with Gasteiger partial charge in [0.15, 0.2) is 0 Å². The molecule has 0 saturated carbocycles. The number of anilines is 2. The van der Waals surface area contributed by atoms with E-state index < -0.39 is 0 Å². The molecule has 0 bridgehead atoms. The Morgan fingerprint density at radius 3 is 2.31 bits per heavy atom. The zero-order chi connectivity index (χ0) is 21.6. The van der Waals surface area contributed by atoms with Gasteiger partial charge in [0.1, 0.15) is 11.5 Å². The summed E-state index contributed by atoms with van der Waals surface area (Å²) in [5.41, 5.74) is 2.37. The molecule has 2 aromatic rings. The van der Waals surface area contributed by atoms with Crippen LogP contribution >= 0.6 is 0 Å². The number of carbonyl (C=O) groups is 2. The van der Waals surface area contributed by atoms with Gasteiger partial charge in [-0.25, -0.2) is 0 Å². The van der Waals surface area contributed by atoms with Crippen molar-refractivity contribution in [3.05, 3.63) is 48.0 Å². The van der Waals surface area contributed by atoms with Gasteiger partial charge in [-0.3, -0.25) is 9.59 Å². The van der Waals surface area contributed by atoms with E-state index in [1.54, 1.807) is 25.3 Å². The molecule has 6 heteroatoms. The lowest BCUT2D eigenvalue weighted by atomic mass is 9.86. The molecule has 1 N–H and O–H groups in total. The van der Waals surface area contributed by atoms with Crippen molar-refractivity contribution in [1.82, 2.24) is 0 Å². The normalized spacial score (nSPS) is 11.0. The third-order valence-electron chi connectivity index (χ3n) is 4.63. The molecule has 0 aliphatic heterocycles. The van der Waals surface area contributed by atoms with Gasteiger partial charge >= 0.3 is 0 Å². The van der Waals surface area contributed by atoms with Crippen molar-refractivity contribution in [2.75, 3.05) is 31.0 Å². The summed E-state index contributed by atoms with van der Waals surface area (Å²) in [4.78, 5) is 26.4. The number of amides is 2. The molecule has 0 saturated heterocycles. The average Bonchev–Trinajstić information content (AvgIpc) is 2.67. The molecule has 0 aliphatic rings. The Morgan fingerprint density at radius 2 is 1.72 bits per heavy atom. The average molecular weight is 399 g/mol. The highest BCUT2D eigenvalue weighted by Crippen LogP contribution is 2.33. The Labute approximate surface area is 172 Å². The predicted octanol–water partition coefficient (Wildman–Crippen LogP) is 4.38. The van der Waals surface area contributed by atoms with Crippen molar-refractivity contribution in [2.45, 2.75) is 39.5 Å². The van der Waals surface area contributed by atoms with E-state index in [0.29, 0.717) is 17.2 Å². The maximum Gasteiger partial charge on any atom is 0.226 e. The highest BCUT2D eigenvalue weighted by atomic mass is 16.5. The summed E-state index contributed by atoms with van der Waals surface area (Å²) < 4.78 is 10.6. The number of hydrogen-bond donors (Lipinski definition) is 1. The van der Waals surface area contributed by atoms with Crippen LogP contribution in [0.2, 0.25) is 0 Å². The molecule has 0 spiro atoms. The van der Waals surface area contributed by atoms with E-state index >= 15 is 0 Å². The van der Waals surface area contributed by atoms with E-state index in [4.69, 9.17) is 9.47 Å². The Hall–Kier alpha value is -3.02. The molecule has 29 heavy (non-hydrogen) atoms. The Balaban J connectivity index is 2.15. The van der Waals surface area contributed by atoms with Crippen molar-refractivity contribution in [1.29, 1.82) is 0 Å². The van der Waals surface area contributed by atoms with E-state index in [1.807, 2.05) is 24.3 Å². The highest BCUT2D eigenvalue weighted by molar-refractivity contribution is 5.96. The lowest BCUT2D eigenvalue weighted by Gasteiger charge is -2.25. The standard InChI is InChI=1S/C23H30N2O4/c1-16(26)25(20-12-11-17(28-5)15-21(20)29-6)14-13-22(27)24-19-10-8-7-9-18(19)23(2,3)4/h7-12,15H,13-14H2,1-6H3,(H,24,27). The lowest BCUT2D eigenvalue weighted by molar-refractivity contribution is -0.117. The van der Waals surface area contributed by atoms with Gasteiger partial charge in [0.05, 0.1) is 19.9 Å². The lowest BCUT2D eigenvalue weighted by Crippen LogP contribution is -2.32. The molecule has 156 valence electrons. The minimum atomic E-state index is -0.170. The van der Waals surface area contributed by atoms with Gasteiger partial charge in [0.2, 0.25) is 11.8 Å². The molecule has 0 heterocycles. The minimum Gasteiger partial charge on any atom is -0.497 e. The maximum absolute atomic E-state index is 12.6. The zero-order valence-electron chi connectivity index (χ0n) is 18.0. The largest absolute Gasteiger partial charge is 0.497 e. The quantitative estimate of drug-likeness (QED) is 0.751. The summed E-state index contributed by atoms with van der Waals surface area (Å²) in [6.45, 7) is 8.01. The number of nitrogens with zero attached hydrogens (tertiary/aromatic N) is 1. The number of para-hydroxylation sites is 1. The van der Waals surface area contributed by atoms with Crippen molar-refractivity contribution >= 4 is 23.2 Å². The summed E-state index contributed by atoms with van der Waals surface area (Å²) >= 11 is 0. The maximum atomic E-state index is 12.6. The van der Waals surface area contributed by atoms with Crippen molar-refractivity contribution in [3.8, 4) is 11.5 Å². The van der Waals surface area contributed by atoms with Crippen LogP contribution in [0.3, 0.4) is 0 Å². The minimum absolute atomic E-state index is 0.0915. The van der Waals surface area contributed by atoms with Crippen LogP contribution in [0.25, 0.3) is 0 Å². The predicted molar refractivity (Wildman–Crippen MR) is 116 cm³/mol. The van der Waals surface area contributed by atoms with Gasteiger partial charge < -0.3 is 19.7 Å². The van der Waals surface area contributed by atoms with Gasteiger partial charge in [-0.05, 0) is 29.2 Å². The molecule has 0 radical (unpaired) electrons. The molecule has 0 fully saturated rings. The van der Waals surface area contributed by atoms with E-state index in [9.17, 15) is 9.59 Å². The van der Waals surface area contributed by atoms with Crippen molar-refractivity contribution < 1.29 is 19.1 Å². The van der Waals surface area contributed by atoms with Crippen LogP contribution in [0.4, 0.5) is 11.4 Å². The molecule has 0 unspecified atom stereocenters. The van der Waals surface area contributed by atoms with Crippen LogP contribution in [0.1, 0.15) is 39.7 Å². The fourth-order valence-corrected chi connectivity index (χ4v) is 3.13. The summed E-state index contributed by atoms with van der Waals surface area (Å²) in [6.07, 6.45) is 0.160. The fraction of sp³-hybridized carbons (Fsp3) is 0.391. The zero-order valence-corrected chi connectivity index (χ0v) is 18.0. The third-order valence-corrected chi connectivity index (χ3v) is 4.63. The fourth-order valence-electron chi connectivity index (χ4n) is 3.13. The Morgan fingerprint density at radius 1 is 1.03 bits per heavy atom. The number of methoxy groups -OCH3 is 2. The Kier molecular flexibility index (Phi) is 7.26. The van der Waals surface area contributed by atoms with Gasteiger partial charge in [-0.2, -0.15) is 0 Å². The van der Waals surface area contributed by atoms with Crippen molar-refractivity contribution in [2.24, 2.45) is 0 Å². The molecule has 2 amide bonds. The first-order valence-corrected chi connectivity index (χ1v) is 9.57. The van der Waals surface area contributed by atoms with Crippen LogP contribution in [-0.4, -0.2) is 32.6 Å². The molecule has 2 rings (SSSR count). The molecule has 0 atom stereocenters. The number of rotatable bonds is 7. The topological polar surface area (TPSA) is 67.9 Å². The molecule has 0 aromatic heterocycles. The number of nitrogens with one attached hydrogen (secondary N) is 1. The van der Waals surface area contributed by atoms with E-state index in [-0.39, 0.29) is 30.2 Å². The van der Waals surface area contributed by atoms with E-state index in [1.165, 1.54) is 18.9 Å². The number of benzene rings is 2.